The molecule has 50 heavy (non-hydrogen) atoms. The van der Waals surface area contributed by atoms with Crippen LogP contribution in [0.3, 0.4) is 0 Å². The number of hydrogen-bond donors (Lipinski definition) is 1. The summed E-state index contributed by atoms with van der Waals surface area (Å²) in [6.45, 7) is 3.25. The Morgan fingerprint density at radius 1 is 0.380 bits per heavy atom. The molecule has 0 aliphatic carbocycles. The first-order chi connectivity index (χ1) is 24.8. The van der Waals surface area contributed by atoms with Gasteiger partial charge in [-0.2, -0.15) is 0 Å². The van der Waals surface area contributed by atoms with Gasteiger partial charge in [-0.3, -0.25) is 4.79 Å². The van der Waals surface area contributed by atoms with E-state index in [0.29, 0.717) is 19.6 Å². The van der Waals surface area contributed by atoms with Gasteiger partial charge in [-0.25, -0.2) is 0 Å². The highest BCUT2D eigenvalue weighted by molar-refractivity contribution is 5.69. The molecule has 0 aromatic carbocycles. The van der Waals surface area contributed by atoms with E-state index >= 15 is 0 Å². The molecule has 1 N–H and O–H groups in total. The number of aliphatic hydroxyl groups excluding tert-OH is 1. The molecule has 0 bridgehead atoms. The van der Waals surface area contributed by atoms with Crippen molar-refractivity contribution in [3.05, 3.63) is 24.3 Å². The van der Waals surface area contributed by atoms with Crippen LogP contribution in [0.25, 0.3) is 0 Å². The standard InChI is InChI=1S/C47H90O3/c1-2-3-4-5-6-7-8-9-23-26-29-32-35-38-41-44-47(49)50-46-43-40-37-34-31-28-25-22-20-18-16-14-12-10-11-13-15-17-19-21-24-27-30-33-36-39-42-45-48/h9,22-23,25,48H,2-8,10-21,24,26-46H2,1H3/b23-9-,25-22-. The molecule has 0 heterocycles. The number of unbranched alkanes of at least 4 members (excludes halogenated alkanes) is 34. The lowest BCUT2D eigenvalue weighted by atomic mass is 10.0. The lowest BCUT2D eigenvalue weighted by Gasteiger charge is -2.05. The topological polar surface area (TPSA) is 46.5 Å². The second-order valence-electron chi connectivity index (χ2n) is 15.5. The lowest BCUT2D eigenvalue weighted by Crippen LogP contribution is -2.05. The Labute approximate surface area is 314 Å². The smallest absolute Gasteiger partial charge is 0.305 e. The Bertz CT molecular complexity index is 684. The van der Waals surface area contributed by atoms with Gasteiger partial charge in [0.15, 0.2) is 0 Å². The first-order valence-electron chi connectivity index (χ1n) is 22.9. The summed E-state index contributed by atoms with van der Waals surface area (Å²) >= 11 is 0. The summed E-state index contributed by atoms with van der Waals surface area (Å²) < 4.78 is 5.46. The Morgan fingerprint density at radius 2 is 0.660 bits per heavy atom. The molecule has 0 aromatic rings. The fraction of sp³-hybridized carbons (Fsp3) is 0.894. The summed E-state index contributed by atoms with van der Waals surface area (Å²) in [5.74, 6) is 0.00793. The highest BCUT2D eigenvalue weighted by Crippen LogP contribution is 2.15. The average Bonchev–Trinajstić information content (AvgIpc) is 3.12. The van der Waals surface area contributed by atoms with E-state index < -0.39 is 0 Å². The van der Waals surface area contributed by atoms with Crippen molar-refractivity contribution in [1.29, 1.82) is 0 Å². The van der Waals surface area contributed by atoms with Crippen molar-refractivity contribution in [3.63, 3.8) is 0 Å². The third-order valence-corrected chi connectivity index (χ3v) is 10.4. The number of aliphatic hydroxyl groups is 1. The number of ether oxygens (including phenoxy) is 1. The highest BCUT2D eigenvalue weighted by Gasteiger charge is 2.02. The number of esters is 1. The molecule has 0 rings (SSSR count). The van der Waals surface area contributed by atoms with E-state index in [1.165, 1.54) is 218 Å². The maximum Gasteiger partial charge on any atom is 0.305 e. The van der Waals surface area contributed by atoms with Crippen molar-refractivity contribution in [2.75, 3.05) is 13.2 Å². The van der Waals surface area contributed by atoms with Gasteiger partial charge in [-0.05, 0) is 70.6 Å². The number of hydrogen-bond acceptors (Lipinski definition) is 3. The van der Waals surface area contributed by atoms with Crippen LogP contribution in [0.15, 0.2) is 24.3 Å². The molecular formula is C47H90O3. The van der Waals surface area contributed by atoms with Gasteiger partial charge in [-0.15, -0.1) is 0 Å². The van der Waals surface area contributed by atoms with E-state index in [9.17, 15) is 4.79 Å². The zero-order valence-corrected chi connectivity index (χ0v) is 34.1. The lowest BCUT2D eigenvalue weighted by molar-refractivity contribution is -0.143. The van der Waals surface area contributed by atoms with Crippen molar-refractivity contribution in [2.45, 2.75) is 257 Å². The van der Waals surface area contributed by atoms with Crippen LogP contribution in [-0.4, -0.2) is 24.3 Å². The van der Waals surface area contributed by atoms with Crippen LogP contribution in [-0.2, 0) is 9.53 Å². The highest BCUT2D eigenvalue weighted by atomic mass is 16.5. The summed E-state index contributed by atoms with van der Waals surface area (Å²) in [6, 6.07) is 0. The summed E-state index contributed by atoms with van der Waals surface area (Å²) in [5.41, 5.74) is 0. The maximum absolute atomic E-state index is 12.0. The minimum atomic E-state index is 0.00793. The molecule has 0 aromatic heterocycles. The van der Waals surface area contributed by atoms with Crippen LogP contribution in [0.1, 0.15) is 257 Å². The Kier molecular flexibility index (Phi) is 44.9. The van der Waals surface area contributed by atoms with Crippen LogP contribution in [0.5, 0.6) is 0 Å². The molecule has 0 radical (unpaired) electrons. The molecule has 0 saturated carbocycles. The summed E-state index contributed by atoms with van der Waals surface area (Å²) in [5, 5.41) is 8.81. The predicted molar refractivity (Wildman–Crippen MR) is 222 cm³/mol. The van der Waals surface area contributed by atoms with Gasteiger partial charge >= 0.3 is 5.97 Å². The van der Waals surface area contributed by atoms with Gasteiger partial charge in [0.25, 0.3) is 0 Å². The van der Waals surface area contributed by atoms with Gasteiger partial charge in [0.1, 0.15) is 0 Å². The normalized spacial score (nSPS) is 11.8. The first-order valence-corrected chi connectivity index (χ1v) is 22.9. The van der Waals surface area contributed by atoms with Crippen LogP contribution >= 0.6 is 0 Å². The van der Waals surface area contributed by atoms with E-state index in [4.69, 9.17) is 9.84 Å². The zero-order valence-electron chi connectivity index (χ0n) is 34.1. The number of rotatable bonds is 43. The van der Waals surface area contributed by atoms with Crippen LogP contribution in [0.4, 0.5) is 0 Å². The van der Waals surface area contributed by atoms with Gasteiger partial charge in [-0.1, -0.05) is 205 Å². The number of allylic oxidation sites excluding steroid dienone is 4. The van der Waals surface area contributed by atoms with E-state index in [1.54, 1.807) is 0 Å². The fourth-order valence-electron chi connectivity index (χ4n) is 6.93. The molecule has 0 saturated heterocycles. The quantitative estimate of drug-likeness (QED) is 0.0391. The van der Waals surface area contributed by atoms with E-state index in [0.717, 1.165) is 25.7 Å². The minimum absolute atomic E-state index is 0.00793. The maximum atomic E-state index is 12.0. The molecule has 0 spiro atoms. The summed E-state index contributed by atoms with van der Waals surface area (Å²) in [4.78, 5) is 12.0. The molecule has 0 aliphatic heterocycles. The molecule has 0 amide bonds. The Morgan fingerprint density at radius 3 is 1.00 bits per heavy atom. The van der Waals surface area contributed by atoms with Crippen molar-refractivity contribution in [2.24, 2.45) is 0 Å². The van der Waals surface area contributed by atoms with Crippen LogP contribution in [0.2, 0.25) is 0 Å². The summed E-state index contributed by atoms with van der Waals surface area (Å²) in [7, 11) is 0. The number of carbonyl (C=O) groups is 1. The molecular weight excluding hydrogens is 613 g/mol. The minimum Gasteiger partial charge on any atom is -0.466 e. The van der Waals surface area contributed by atoms with Crippen molar-refractivity contribution in [1.82, 2.24) is 0 Å². The van der Waals surface area contributed by atoms with E-state index in [2.05, 4.69) is 31.2 Å². The first kappa shape index (κ1) is 48.9. The molecule has 0 aliphatic rings. The van der Waals surface area contributed by atoms with Crippen LogP contribution < -0.4 is 0 Å². The van der Waals surface area contributed by atoms with Crippen molar-refractivity contribution >= 4 is 5.97 Å². The molecule has 3 nitrogen and oxygen atoms in total. The Hall–Kier alpha value is -1.09. The van der Waals surface area contributed by atoms with Crippen LogP contribution in [0, 0.1) is 0 Å². The zero-order chi connectivity index (χ0) is 36.1. The fourth-order valence-corrected chi connectivity index (χ4v) is 6.93. The molecule has 0 fully saturated rings. The third kappa shape index (κ3) is 44.9. The van der Waals surface area contributed by atoms with Crippen molar-refractivity contribution < 1.29 is 14.6 Å². The third-order valence-electron chi connectivity index (χ3n) is 10.4. The van der Waals surface area contributed by atoms with Gasteiger partial charge in [0, 0.05) is 13.0 Å². The molecule has 3 heteroatoms. The monoisotopic (exact) mass is 703 g/mol. The van der Waals surface area contributed by atoms with E-state index in [1.807, 2.05) is 0 Å². The SMILES string of the molecule is CCCCCCCC/C=C\CCCCCCCC(=O)OCCCCCCC/C=C\CCCCCCCCCCCCCCCCCCCCO. The van der Waals surface area contributed by atoms with E-state index in [-0.39, 0.29) is 5.97 Å². The van der Waals surface area contributed by atoms with Gasteiger partial charge in [0.05, 0.1) is 6.61 Å². The van der Waals surface area contributed by atoms with Gasteiger partial charge in [0.2, 0.25) is 0 Å². The molecule has 0 unspecified atom stereocenters. The largest absolute Gasteiger partial charge is 0.466 e. The number of carbonyl (C=O) groups excluding carboxylic acids is 1. The van der Waals surface area contributed by atoms with Gasteiger partial charge < -0.3 is 9.84 Å². The summed E-state index contributed by atoms with van der Waals surface area (Å²) in [6.07, 6.45) is 60.2. The molecule has 0 atom stereocenters. The predicted octanol–water partition coefficient (Wildman–Crippen LogP) is 15.9. The second-order valence-corrected chi connectivity index (χ2v) is 15.5. The second kappa shape index (κ2) is 45.9. The Balaban J connectivity index is 3.21. The average molecular weight is 703 g/mol. The molecule has 296 valence electrons. The van der Waals surface area contributed by atoms with Crippen molar-refractivity contribution in [3.8, 4) is 0 Å².